The summed E-state index contributed by atoms with van der Waals surface area (Å²) in [5.41, 5.74) is 3.38. The van der Waals surface area contributed by atoms with Gasteiger partial charge < -0.3 is 20.3 Å². The van der Waals surface area contributed by atoms with Crippen molar-refractivity contribution >= 4 is 51.6 Å². The third-order valence-corrected chi connectivity index (χ3v) is 6.81. The van der Waals surface area contributed by atoms with Gasteiger partial charge in [0.1, 0.15) is 6.54 Å². The van der Waals surface area contributed by atoms with Crippen molar-refractivity contribution in [2.75, 3.05) is 56.2 Å². The zero-order valence-corrected chi connectivity index (χ0v) is 21.1. The van der Waals surface area contributed by atoms with Crippen LogP contribution in [-0.2, 0) is 9.53 Å². The number of unbranched alkanes of at least 4 members (excludes halogenated alkanes) is 1. The lowest BCUT2D eigenvalue weighted by molar-refractivity contribution is -0.121. The van der Waals surface area contributed by atoms with E-state index in [1.165, 1.54) is 0 Å². The number of hydrogen-bond acceptors (Lipinski definition) is 7. The Morgan fingerprint density at radius 3 is 2.59 bits per heavy atom. The standard InChI is InChI=1S/C27H28ClN5O4/c28-18-3-5-21-23(7-10-30-24(21)15-18)29-8-1-2-9-31-25(34)17-33-26(35)20-6-4-19(16-22(20)27(33)36)32-11-13-37-14-12-32/h3-7,10,15-16H,1-2,8-9,11-14,17H2,(H,29,30)(H,31,34). The van der Waals surface area contributed by atoms with E-state index >= 15 is 0 Å². The maximum absolute atomic E-state index is 12.9. The number of ether oxygens (including phenoxy) is 1. The van der Waals surface area contributed by atoms with Gasteiger partial charge in [-0.25, -0.2) is 0 Å². The number of nitrogens with zero attached hydrogens (tertiary/aromatic N) is 3. The smallest absolute Gasteiger partial charge is 0.262 e. The number of amides is 3. The molecular weight excluding hydrogens is 494 g/mol. The molecule has 0 radical (unpaired) electrons. The number of anilines is 2. The monoisotopic (exact) mass is 521 g/mol. The summed E-state index contributed by atoms with van der Waals surface area (Å²) < 4.78 is 5.38. The Morgan fingerprint density at radius 2 is 1.76 bits per heavy atom. The summed E-state index contributed by atoms with van der Waals surface area (Å²) in [4.78, 5) is 45.6. The SMILES string of the molecule is O=C(CN1C(=O)c2ccc(N3CCOCC3)cc2C1=O)NCCCCNc1ccnc2cc(Cl)ccc12. The Morgan fingerprint density at radius 1 is 0.973 bits per heavy atom. The largest absolute Gasteiger partial charge is 0.384 e. The van der Waals surface area contributed by atoms with E-state index in [4.69, 9.17) is 16.3 Å². The van der Waals surface area contributed by atoms with E-state index in [-0.39, 0.29) is 12.5 Å². The number of morpholine rings is 1. The fourth-order valence-corrected chi connectivity index (χ4v) is 4.78. The van der Waals surface area contributed by atoms with Crippen LogP contribution in [0.2, 0.25) is 5.02 Å². The molecule has 10 heteroatoms. The fourth-order valence-electron chi connectivity index (χ4n) is 4.62. The molecule has 2 aromatic carbocycles. The molecule has 0 spiro atoms. The topological polar surface area (TPSA) is 104 Å². The first-order valence-corrected chi connectivity index (χ1v) is 12.8. The molecule has 1 fully saturated rings. The van der Waals surface area contributed by atoms with Gasteiger partial charge in [-0.15, -0.1) is 0 Å². The zero-order valence-electron chi connectivity index (χ0n) is 20.3. The number of halogens is 1. The van der Waals surface area contributed by atoms with Crippen molar-refractivity contribution in [3.05, 3.63) is 64.8 Å². The molecule has 0 unspecified atom stereocenters. The predicted octanol–water partition coefficient (Wildman–Crippen LogP) is 3.33. The van der Waals surface area contributed by atoms with Crippen molar-refractivity contribution in [1.82, 2.24) is 15.2 Å². The number of nitrogens with one attached hydrogen (secondary N) is 2. The molecule has 5 rings (SSSR count). The maximum Gasteiger partial charge on any atom is 0.262 e. The lowest BCUT2D eigenvalue weighted by Crippen LogP contribution is -2.40. The molecular formula is C27H28ClN5O4. The van der Waals surface area contributed by atoms with Gasteiger partial charge in [0.2, 0.25) is 5.91 Å². The number of pyridine rings is 1. The molecule has 2 N–H and O–H groups in total. The van der Waals surface area contributed by atoms with E-state index in [1.807, 2.05) is 30.3 Å². The average molecular weight is 522 g/mol. The van der Waals surface area contributed by atoms with Crippen molar-refractivity contribution in [1.29, 1.82) is 0 Å². The van der Waals surface area contributed by atoms with Crippen LogP contribution in [0.5, 0.6) is 0 Å². The third kappa shape index (κ3) is 5.52. The van der Waals surface area contributed by atoms with Gasteiger partial charge in [-0.2, -0.15) is 0 Å². The zero-order chi connectivity index (χ0) is 25.8. The Bertz CT molecular complexity index is 1340. The Balaban J connectivity index is 1.07. The molecule has 3 aromatic rings. The van der Waals surface area contributed by atoms with Crippen LogP contribution < -0.4 is 15.5 Å². The van der Waals surface area contributed by atoms with E-state index in [2.05, 4.69) is 20.5 Å². The first-order valence-electron chi connectivity index (χ1n) is 12.4. The highest BCUT2D eigenvalue weighted by molar-refractivity contribution is 6.31. The van der Waals surface area contributed by atoms with Crippen molar-refractivity contribution in [3.8, 4) is 0 Å². The minimum atomic E-state index is -0.432. The third-order valence-electron chi connectivity index (χ3n) is 6.58. The van der Waals surface area contributed by atoms with Crippen LogP contribution in [0.1, 0.15) is 33.6 Å². The van der Waals surface area contributed by atoms with Gasteiger partial charge in [-0.05, 0) is 55.3 Å². The summed E-state index contributed by atoms with van der Waals surface area (Å²) in [5.74, 6) is -1.22. The van der Waals surface area contributed by atoms with Gasteiger partial charge >= 0.3 is 0 Å². The Kier molecular flexibility index (Phi) is 7.52. The van der Waals surface area contributed by atoms with E-state index < -0.39 is 11.8 Å². The summed E-state index contributed by atoms with van der Waals surface area (Å²) in [6, 6.07) is 12.8. The van der Waals surface area contributed by atoms with Crippen molar-refractivity contribution < 1.29 is 19.1 Å². The number of fused-ring (bicyclic) bond motifs is 2. The molecule has 192 valence electrons. The van der Waals surface area contributed by atoms with Gasteiger partial charge in [-0.1, -0.05) is 11.6 Å². The molecule has 9 nitrogen and oxygen atoms in total. The minimum Gasteiger partial charge on any atom is -0.384 e. The van der Waals surface area contributed by atoms with Crippen LogP contribution in [0.25, 0.3) is 10.9 Å². The molecule has 3 heterocycles. The molecule has 2 aliphatic rings. The van der Waals surface area contributed by atoms with Crippen molar-refractivity contribution in [2.45, 2.75) is 12.8 Å². The van der Waals surface area contributed by atoms with Crippen LogP contribution in [0.15, 0.2) is 48.7 Å². The molecule has 1 saturated heterocycles. The minimum absolute atomic E-state index is 0.289. The number of aromatic nitrogens is 1. The highest BCUT2D eigenvalue weighted by atomic mass is 35.5. The van der Waals surface area contributed by atoms with Gasteiger partial charge in [0.15, 0.2) is 0 Å². The molecule has 3 amide bonds. The summed E-state index contributed by atoms with van der Waals surface area (Å²) in [6.07, 6.45) is 3.32. The van der Waals surface area contributed by atoms with E-state index in [9.17, 15) is 14.4 Å². The molecule has 0 saturated carbocycles. The van der Waals surface area contributed by atoms with Crippen LogP contribution in [-0.4, -0.2) is 73.5 Å². The highest BCUT2D eigenvalue weighted by Crippen LogP contribution is 2.28. The van der Waals surface area contributed by atoms with Gasteiger partial charge in [0.25, 0.3) is 11.8 Å². The number of carbonyl (C=O) groups excluding carboxylic acids is 3. The second-order valence-electron chi connectivity index (χ2n) is 9.03. The van der Waals surface area contributed by atoms with Crippen molar-refractivity contribution in [2.24, 2.45) is 0 Å². The lowest BCUT2D eigenvalue weighted by atomic mass is 10.1. The second-order valence-corrected chi connectivity index (χ2v) is 9.47. The van der Waals surface area contributed by atoms with Crippen LogP contribution >= 0.6 is 11.6 Å². The average Bonchev–Trinajstić information content (AvgIpc) is 3.15. The van der Waals surface area contributed by atoms with E-state index in [0.717, 1.165) is 59.7 Å². The number of benzene rings is 2. The molecule has 0 aliphatic carbocycles. The fraction of sp³-hybridized carbons (Fsp3) is 0.333. The predicted molar refractivity (Wildman–Crippen MR) is 142 cm³/mol. The summed E-state index contributed by atoms with van der Waals surface area (Å²) >= 11 is 6.05. The Hall–Kier alpha value is -3.69. The lowest BCUT2D eigenvalue weighted by Gasteiger charge is -2.29. The van der Waals surface area contributed by atoms with E-state index in [0.29, 0.717) is 35.9 Å². The Labute approximate surface area is 219 Å². The molecule has 0 atom stereocenters. The van der Waals surface area contributed by atoms with Gasteiger partial charge in [0.05, 0.1) is 29.9 Å². The van der Waals surface area contributed by atoms with E-state index in [1.54, 1.807) is 18.3 Å². The van der Waals surface area contributed by atoms with Crippen LogP contribution in [0, 0.1) is 0 Å². The number of carbonyl (C=O) groups is 3. The molecule has 1 aromatic heterocycles. The summed E-state index contributed by atoms with van der Waals surface area (Å²) in [7, 11) is 0. The normalized spacial score (nSPS) is 15.3. The molecule has 37 heavy (non-hydrogen) atoms. The van der Waals surface area contributed by atoms with Gasteiger partial charge in [-0.3, -0.25) is 24.3 Å². The van der Waals surface area contributed by atoms with Crippen LogP contribution in [0.4, 0.5) is 11.4 Å². The maximum atomic E-state index is 12.9. The molecule has 0 bridgehead atoms. The first kappa shape index (κ1) is 25.0. The van der Waals surface area contributed by atoms with Crippen LogP contribution in [0.3, 0.4) is 0 Å². The summed E-state index contributed by atoms with van der Waals surface area (Å²) in [5, 5.41) is 7.86. The van der Waals surface area contributed by atoms with Crippen molar-refractivity contribution in [3.63, 3.8) is 0 Å². The first-order chi connectivity index (χ1) is 18.0. The number of rotatable bonds is 9. The highest BCUT2D eigenvalue weighted by Gasteiger charge is 2.37. The number of imide groups is 1. The second kappa shape index (κ2) is 11.1. The molecule has 2 aliphatic heterocycles. The quantitative estimate of drug-likeness (QED) is 0.329. The van der Waals surface area contributed by atoms with Gasteiger partial charge in [0, 0.05) is 54.2 Å². The summed E-state index contributed by atoms with van der Waals surface area (Å²) in [6.45, 7) is 3.61. The number of hydrogen-bond donors (Lipinski definition) is 2.